The van der Waals surface area contributed by atoms with Gasteiger partial charge in [-0.3, -0.25) is 0 Å². The van der Waals surface area contributed by atoms with Crippen LogP contribution in [0.25, 0.3) is 10.9 Å². The Hall–Kier alpha value is -3.33. The van der Waals surface area contributed by atoms with Crippen molar-refractivity contribution in [2.75, 3.05) is 44.9 Å². The number of anilines is 2. The molecular formula is C22H26F2N6O. The Morgan fingerprint density at radius 3 is 2.55 bits per heavy atom. The minimum atomic E-state index is -1.02. The number of carbonyl (C=O) groups is 1. The second-order valence-corrected chi connectivity index (χ2v) is 7.50. The number of hydrogen-bond acceptors (Lipinski definition) is 5. The summed E-state index contributed by atoms with van der Waals surface area (Å²) in [6.45, 7) is 1.85. The minimum Gasteiger partial charge on any atom is -0.369 e. The SMILES string of the molecule is CN(C)CCCNc1nc(CN(C)C(=O)Nc2ccc(F)c(F)c2)nc2ccccc12. The van der Waals surface area contributed by atoms with Crippen molar-refractivity contribution in [2.24, 2.45) is 0 Å². The van der Waals surface area contributed by atoms with E-state index >= 15 is 0 Å². The molecule has 0 spiro atoms. The summed E-state index contributed by atoms with van der Waals surface area (Å²) in [5, 5.41) is 6.81. The summed E-state index contributed by atoms with van der Waals surface area (Å²) in [7, 11) is 5.64. The molecule has 1 heterocycles. The molecule has 0 aliphatic carbocycles. The van der Waals surface area contributed by atoms with Crippen molar-refractivity contribution in [3.63, 3.8) is 0 Å². The van der Waals surface area contributed by atoms with Gasteiger partial charge in [0.1, 0.15) is 5.82 Å². The van der Waals surface area contributed by atoms with Gasteiger partial charge in [0, 0.05) is 30.7 Å². The summed E-state index contributed by atoms with van der Waals surface area (Å²) in [4.78, 5) is 25.1. The summed E-state index contributed by atoms with van der Waals surface area (Å²) >= 11 is 0. The maximum absolute atomic E-state index is 13.4. The van der Waals surface area contributed by atoms with Crippen LogP contribution in [0.4, 0.5) is 25.1 Å². The summed E-state index contributed by atoms with van der Waals surface area (Å²) in [5.41, 5.74) is 0.940. The van der Waals surface area contributed by atoms with Crippen LogP contribution in [0.2, 0.25) is 0 Å². The molecule has 9 heteroatoms. The van der Waals surface area contributed by atoms with Crippen molar-refractivity contribution in [3.05, 3.63) is 59.9 Å². The van der Waals surface area contributed by atoms with E-state index in [4.69, 9.17) is 0 Å². The zero-order valence-electron chi connectivity index (χ0n) is 17.8. The van der Waals surface area contributed by atoms with Crippen molar-refractivity contribution in [2.45, 2.75) is 13.0 Å². The van der Waals surface area contributed by atoms with Crippen LogP contribution in [0, 0.1) is 11.6 Å². The average Bonchev–Trinajstić information content (AvgIpc) is 2.73. The van der Waals surface area contributed by atoms with E-state index in [0.29, 0.717) is 11.6 Å². The molecule has 3 aromatic rings. The number of urea groups is 1. The number of aromatic nitrogens is 2. The third-order valence-corrected chi connectivity index (χ3v) is 4.62. The summed E-state index contributed by atoms with van der Waals surface area (Å²) in [6, 6.07) is 10.4. The summed E-state index contributed by atoms with van der Waals surface area (Å²) in [5.74, 6) is -0.810. The van der Waals surface area contributed by atoms with Gasteiger partial charge in [0.15, 0.2) is 17.5 Å². The quantitative estimate of drug-likeness (QED) is 0.532. The number of rotatable bonds is 8. The molecule has 0 fully saturated rings. The zero-order chi connectivity index (χ0) is 22.4. The van der Waals surface area contributed by atoms with Crippen LogP contribution in [0.1, 0.15) is 12.2 Å². The fraction of sp³-hybridized carbons (Fsp3) is 0.318. The maximum atomic E-state index is 13.4. The van der Waals surface area contributed by atoms with Gasteiger partial charge in [-0.15, -0.1) is 0 Å². The van der Waals surface area contributed by atoms with Crippen LogP contribution in [0.3, 0.4) is 0 Å². The number of amides is 2. The van der Waals surface area contributed by atoms with E-state index in [0.717, 1.165) is 42.5 Å². The van der Waals surface area contributed by atoms with Crippen LogP contribution < -0.4 is 10.6 Å². The monoisotopic (exact) mass is 428 g/mol. The number of halogens is 2. The number of fused-ring (bicyclic) bond motifs is 1. The van der Waals surface area contributed by atoms with E-state index in [1.54, 1.807) is 7.05 Å². The van der Waals surface area contributed by atoms with Crippen molar-refractivity contribution < 1.29 is 13.6 Å². The van der Waals surface area contributed by atoms with Gasteiger partial charge in [-0.1, -0.05) is 12.1 Å². The Bertz CT molecular complexity index is 1060. The van der Waals surface area contributed by atoms with Gasteiger partial charge in [-0.2, -0.15) is 0 Å². The third-order valence-electron chi connectivity index (χ3n) is 4.62. The van der Waals surface area contributed by atoms with Crippen molar-refractivity contribution in [1.82, 2.24) is 19.8 Å². The van der Waals surface area contributed by atoms with E-state index in [1.165, 1.54) is 11.0 Å². The van der Waals surface area contributed by atoms with Gasteiger partial charge in [0.25, 0.3) is 0 Å². The first-order valence-electron chi connectivity index (χ1n) is 9.95. The van der Waals surface area contributed by atoms with Gasteiger partial charge < -0.3 is 20.4 Å². The van der Waals surface area contributed by atoms with Crippen LogP contribution in [0.15, 0.2) is 42.5 Å². The molecule has 0 saturated heterocycles. The molecule has 0 radical (unpaired) electrons. The number of nitrogens with zero attached hydrogens (tertiary/aromatic N) is 4. The molecule has 2 aromatic carbocycles. The molecule has 2 amide bonds. The molecule has 3 rings (SSSR count). The molecular weight excluding hydrogens is 402 g/mol. The van der Waals surface area contributed by atoms with Gasteiger partial charge in [0.05, 0.1) is 12.1 Å². The Morgan fingerprint density at radius 2 is 1.81 bits per heavy atom. The Morgan fingerprint density at radius 1 is 1.03 bits per heavy atom. The van der Waals surface area contributed by atoms with E-state index in [2.05, 4.69) is 25.5 Å². The lowest BCUT2D eigenvalue weighted by atomic mass is 10.2. The number of hydrogen-bond donors (Lipinski definition) is 2. The van der Waals surface area contributed by atoms with Crippen LogP contribution in [0.5, 0.6) is 0 Å². The van der Waals surface area contributed by atoms with E-state index in [9.17, 15) is 13.6 Å². The second-order valence-electron chi connectivity index (χ2n) is 7.50. The van der Waals surface area contributed by atoms with Crippen LogP contribution >= 0.6 is 0 Å². The number of nitrogens with one attached hydrogen (secondary N) is 2. The molecule has 7 nitrogen and oxygen atoms in total. The molecule has 0 atom stereocenters. The standard InChI is InChI=1S/C22H26F2N6O/c1-29(2)12-6-11-25-21-16-7-4-5-8-19(16)27-20(28-21)14-30(3)22(31)26-15-9-10-17(23)18(24)13-15/h4-5,7-10,13H,6,11-12,14H2,1-3H3,(H,26,31)(H,25,27,28). The molecule has 164 valence electrons. The first kappa shape index (κ1) is 22.4. The number of carbonyl (C=O) groups excluding carboxylic acids is 1. The predicted molar refractivity (Wildman–Crippen MR) is 118 cm³/mol. The molecule has 0 saturated carbocycles. The first-order chi connectivity index (χ1) is 14.8. The molecule has 31 heavy (non-hydrogen) atoms. The Kier molecular flexibility index (Phi) is 7.30. The zero-order valence-corrected chi connectivity index (χ0v) is 17.8. The maximum Gasteiger partial charge on any atom is 0.321 e. The van der Waals surface area contributed by atoms with Gasteiger partial charge >= 0.3 is 6.03 Å². The second kappa shape index (κ2) is 10.1. The van der Waals surface area contributed by atoms with Gasteiger partial charge in [-0.25, -0.2) is 23.5 Å². The molecule has 0 aliphatic heterocycles. The number of benzene rings is 2. The highest BCUT2D eigenvalue weighted by Crippen LogP contribution is 2.21. The van der Waals surface area contributed by atoms with Crippen molar-refractivity contribution >= 4 is 28.4 Å². The highest BCUT2D eigenvalue weighted by Gasteiger charge is 2.14. The predicted octanol–water partition coefficient (Wildman–Crippen LogP) is 3.94. The summed E-state index contributed by atoms with van der Waals surface area (Å²) in [6.07, 6.45) is 0.956. The van der Waals surface area contributed by atoms with E-state index < -0.39 is 17.7 Å². The minimum absolute atomic E-state index is 0.146. The normalized spacial score (nSPS) is 11.0. The number of para-hydroxylation sites is 1. The van der Waals surface area contributed by atoms with Crippen molar-refractivity contribution in [1.29, 1.82) is 0 Å². The average molecular weight is 428 g/mol. The van der Waals surface area contributed by atoms with Crippen molar-refractivity contribution in [3.8, 4) is 0 Å². The lowest BCUT2D eigenvalue weighted by Gasteiger charge is -2.18. The van der Waals surface area contributed by atoms with E-state index in [-0.39, 0.29) is 12.2 Å². The smallest absolute Gasteiger partial charge is 0.321 e. The largest absolute Gasteiger partial charge is 0.369 e. The highest BCUT2D eigenvalue weighted by molar-refractivity contribution is 5.90. The summed E-state index contributed by atoms with van der Waals surface area (Å²) < 4.78 is 26.4. The fourth-order valence-corrected chi connectivity index (χ4v) is 3.01. The Balaban J connectivity index is 1.72. The highest BCUT2D eigenvalue weighted by atomic mass is 19.2. The third kappa shape index (κ3) is 6.08. The Labute approximate surface area is 180 Å². The molecule has 1 aromatic heterocycles. The molecule has 0 bridgehead atoms. The topological polar surface area (TPSA) is 73.4 Å². The van der Waals surface area contributed by atoms with E-state index in [1.807, 2.05) is 38.4 Å². The molecule has 2 N–H and O–H groups in total. The fourth-order valence-electron chi connectivity index (χ4n) is 3.01. The molecule has 0 aliphatic rings. The lowest BCUT2D eigenvalue weighted by molar-refractivity contribution is 0.219. The molecule has 0 unspecified atom stereocenters. The van der Waals surface area contributed by atoms with Gasteiger partial charge in [0.2, 0.25) is 0 Å². The first-order valence-corrected chi connectivity index (χ1v) is 9.95. The van der Waals surface area contributed by atoms with Crippen LogP contribution in [-0.2, 0) is 6.54 Å². The van der Waals surface area contributed by atoms with Crippen LogP contribution in [-0.4, -0.2) is 60.0 Å². The lowest BCUT2D eigenvalue weighted by Crippen LogP contribution is -2.31. The van der Waals surface area contributed by atoms with Gasteiger partial charge in [-0.05, 0) is 51.3 Å².